The lowest BCUT2D eigenvalue weighted by Crippen LogP contribution is -2.09. The highest BCUT2D eigenvalue weighted by Gasteiger charge is 2.17. The Morgan fingerprint density at radius 1 is 1.14 bits per heavy atom. The summed E-state index contributed by atoms with van der Waals surface area (Å²) in [5.41, 5.74) is 0. The van der Waals surface area contributed by atoms with Gasteiger partial charge >= 0.3 is 0 Å². The molecule has 6 heteroatoms. The monoisotopic (exact) mass is 257 g/mol. The van der Waals surface area contributed by atoms with Crippen LogP contribution in [-0.4, -0.2) is 23.1 Å². The summed E-state index contributed by atoms with van der Waals surface area (Å²) in [7, 11) is 0. The minimum absolute atomic E-state index is 0. The Balaban J connectivity index is 0. The minimum atomic E-state index is 0. The molecule has 3 nitrogen and oxygen atoms in total. The van der Waals surface area contributed by atoms with Gasteiger partial charge in [0.15, 0.2) is 0 Å². The lowest BCUT2D eigenvalue weighted by molar-refractivity contribution is 0.701. The highest BCUT2D eigenvalue weighted by atomic mass is 35.5. The Bertz CT molecular complexity index is 227. The van der Waals surface area contributed by atoms with Crippen LogP contribution < -0.4 is 5.32 Å². The van der Waals surface area contributed by atoms with E-state index >= 15 is 0 Å². The molecule has 1 atom stereocenters. The fourth-order valence-corrected chi connectivity index (χ4v) is 1.40. The van der Waals surface area contributed by atoms with Crippen molar-refractivity contribution >= 4 is 37.2 Å². The van der Waals surface area contributed by atoms with E-state index in [1.807, 2.05) is 6.07 Å². The highest BCUT2D eigenvalue weighted by Crippen LogP contribution is 2.16. The largest absolute Gasteiger partial charge is 0.316 e. The second kappa shape index (κ2) is 8.24. The molecular formula is C8H14Cl3N3. The fraction of sp³-hybridized carbons (Fsp3) is 0.500. The predicted octanol–water partition coefficient (Wildman–Crippen LogP) is 1.82. The SMILES string of the molecule is Cl.Cl.Cl.c1cnc(C2CCNC2)nc1. The fourth-order valence-electron chi connectivity index (χ4n) is 1.40. The molecule has 14 heavy (non-hydrogen) atoms. The van der Waals surface area contributed by atoms with Gasteiger partial charge in [0.25, 0.3) is 0 Å². The van der Waals surface area contributed by atoms with Crippen molar-refractivity contribution in [3.8, 4) is 0 Å². The van der Waals surface area contributed by atoms with Gasteiger partial charge in [-0.15, -0.1) is 37.2 Å². The van der Waals surface area contributed by atoms with Crippen LogP contribution in [0.2, 0.25) is 0 Å². The van der Waals surface area contributed by atoms with Crippen LogP contribution in [0.5, 0.6) is 0 Å². The van der Waals surface area contributed by atoms with Crippen molar-refractivity contribution in [1.82, 2.24) is 15.3 Å². The molecule has 2 heterocycles. The van der Waals surface area contributed by atoms with E-state index < -0.39 is 0 Å². The van der Waals surface area contributed by atoms with E-state index in [0.717, 1.165) is 18.9 Å². The second-order valence-corrected chi connectivity index (χ2v) is 2.80. The Labute approximate surface area is 102 Å². The maximum Gasteiger partial charge on any atom is 0.132 e. The van der Waals surface area contributed by atoms with E-state index in [1.165, 1.54) is 6.42 Å². The highest BCUT2D eigenvalue weighted by molar-refractivity contribution is 5.86. The number of aromatic nitrogens is 2. The maximum atomic E-state index is 4.21. The van der Waals surface area contributed by atoms with Gasteiger partial charge < -0.3 is 5.32 Å². The van der Waals surface area contributed by atoms with Gasteiger partial charge in [0.1, 0.15) is 5.82 Å². The molecular weight excluding hydrogens is 244 g/mol. The smallest absolute Gasteiger partial charge is 0.132 e. The van der Waals surface area contributed by atoms with Gasteiger partial charge in [-0.05, 0) is 19.0 Å². The number of halogens is 3. The van der Waals surface area contributed by atoms with E-state index in [0.29, 0.717) is 5.92 Å². The molecule has 1 saturated heterocycles. The standard InChI is InChI=1S/C8H11N3.3ClH/c1-3-10-8(11-4-1)7-2-5-9-6-7;;;/h1,3-4,7,9H,2,5-6H2;3*1H. The van der Waals surface area contributed by atoms with Crippen LogP contribution in [0.1, 0.15) is 18.2 Å². The zero-order chi connectivity index (χ0) is 7.52. The van der Waals surface area contributed by atoms with Crippen LogP contribution in [0.4, 0.5) is 0 Å². The molecule has 1 aliphatic rings. The van der Waals surface area contributed by atoms with E-state index in [-0.39, 0.29) is 37.2 Å². The van der Waals surface area contributed by atoms with Crippen LogP contribution in [0.25, 0.3) is 0 Å². The van der Waals surface area contributed by atoms with Gasteiger partial charge in [-0.2, -0.15) is 0 Å². The predicted molar refractivity (Wildman–Crippen MR) is 64.0 cm³/mol. The van der Waals surface area contributed by atoms with Gasteiger partial charge in [0.05, 0.1) is 0 Å². The van der Waals surface area contributed by atoms with E-state index in [2.05, 4.69) is 15.3 Å². The lowest BCUT2D eigenvalue weighted by Gasteiger charge is -2.03. The summed E-state index contributed by atoms with van der Waals surface area (Å²) in [5.74, 6) is 1.52. The maximum absolute atomic E-state index is 4.21. The third-order valence-electron chi connectivity index (χ3n) is 2.01. The minimum Gasteiger partial charge on any atom is -0.316 e. The molecule has 1 unspecified atom stereocenters. The van der Waals surface area contributed by atoms with Crippen LogP contribution in [-0.2, 0) is 0 Å². The van der Waals surface area contributed by atoms with Crippen LogP contribution in [0, 0.1) is 0 Å². The molecule has 1 fully saturated rings. The molecule has 1 aliphatic heterocycles. The summed E-state index contributed by atoms with van der Waals surface area (Å²) in [4.78, 5) is 8.42. The molecule has 0 spiro atoms. The van der Waals surface area contributed by atoms with Gasteiger partial charge in [-0.25, -0.2) is 9.97 Å². The number of hydrogen-bond acceptors (Lipinski definition) is 3. The molecule has 0 amide bonds. The van der Waals surface area contributed by atoms with Crippen molar-refractivity contribution in [2.45, 2.75) is 12.3 Å². The molecule has 82 valence electrons. The normalized spacial score (nSPS) is 18.7. The first-order valence-corrected chi connectivity index (χ1v) is 3.94. The number of nitrogens with zero attached hydrogens (tertiary/aromatic N) is 2. The first-order chi connectivity index (χ1) is 5.47. The van der Waals surface area contributed by atoms with Gasteiger partial charge in [0, 0.05) is 24.9 Å². The number of rotatable bonds is 1. The van der Waals surface area contributed by atoms with Crippen molar-refractivity contribution in [3.05, 3.63) is 24.3 Å². The average Bonchev–Trinajstić information content (AvgIpc) is 2.58. The molecule has 1 aromatic rings. The van der Waals surface area contributed by atoms with Gasteiger partial charge in [0.2, 0.25) is 0 Å². The van der Waals surface area contributed by atoms with Crippen molar-refractivity contribution in [1.29, 1.82) is 0 Å². The van der Waals surface area contributed by atoms with Crippen LogP contribution in [0.3, 0.4) is 0 Å². The summed E-state index contributed by atoms with van der Waals surface area (Å²) in [6.07, 6.45) is 4.78. The third-order valence-corrected chi connectivity index (χ3v) is 2.01. The number of nitrogens with one attached hydrogen (secondary N) is 1. The zero-order valence-corrected chi connectivity index (χ0v) is 10.00. The molecule has 0 aromatic carbocycles. The Hall–Kier alpha value is -0.0900. The molecule has 0 aliphatic carbocycles. The van der Waals surface area contributed by atoms with Gasteiger partial charge in [-0.1, -0.05) is 0 Å². The molecule has 0 bridgehead atoms. The Morgan fingerprint density at radius 3 is 2.29 bits per heavy atom. The van der Waals surface area contributed by atoms with E-state index in [1.54, 1.807) is 12.4 Å². The lowest BCUT2D eigenvalue weighted by atomic mass is 10.1. The third kappa shape index (κ3) is 3.96. The van der Waals surface area contributed by atoms with Crippen molar-refractivity contribution in [2.75, 3.05) is 13.1 Å². The zero-order valence-electron chi connectivity index (χ0n) is 7.55. The Kier molecular flexibility index (Phi) is 9.62. The van der Waals surface area contributed by atoms with Crippen molar-refractivity contribution in [2.24, 2.45) is 0 Å². The summed E-state index contributed by atoms with van der Waals surface area (Å²) in [6.45, 7) is 2.13. The first kappa shape index (κ1) is 16.3. The molecule has 0 saturated carbocycles. The van der Waals surface area contributed by atoms with Crippen molar-refractivity contribution in [3.63, 3.8) is 0 Å². The first-order valence-electron chi connectivity index (χ1n) is 3.94. The molecule has 1 aromatic heterocycles. The average molecular weight is 259 g/mol. The van der Waals surface area contributed by atoms with Crippen molar-refractivity contribution < 1.29 is 0 Å². The molecule has 2 rings (SSSR count). The van der Waals surface area contributed by atoms with Gasteiger partial charge in [-0.3, -0.25) is 0 Å². The summed E-state index contributed by atoms with van der Waals surface area (Å²) >= 11 is 0. The summed E-state index contributed by atoms with van der Waals surface area (Å²) < 4.78 is 0. The quantitative estimate of drug-likeness (QED) is 0.835. The molecule has 1 N–H and O–H groups in total. The Morgan fingerprint density at radius 2 is 1.79 bits per heavy atom. The van der Waals surface area contributed by atoms with Crippen LogP contribution in [0.15, 0.2) is 18.5 Å². The molecule has 0 radical (unpaired) electrons. The summed E-state index contributed by atoms with van der Waals surface area (Å²) in [5, 5.41) is 3.29. The second-order valence-electron chi connectivity index (χ2n) is 2.80. The number of hydrogen-bond donors (Lipinski definition) is 1. The van der Waals surface area contributed by atoms with E-state index in [4.69, 9.17) is 0 Å². The van der Waals surface area contributed by atoms with E-state index in [9.17, 15) is 0 Å². The summed E-state index contributed by atoms with van der Waals surface area (Å²) in [6, 6.07) is 1.85. The van der Waals surface area contributed by atoms with Crippen LogP contribution >= 0.6 is 37.2 Å². The topological polar surface area (TPSA) is 37.8 Å².